The van der Waals surface area contributed by atoms with Crippen molar-refractivity contribution in [2.75, 3.05) is 12.3 Å². The van der Waals surface area contributed by atoms with Crippen LogP contribution in [0.15, 0.2) is 48.5 Å². The molecule has 8 nitrogen and oxygen atoms in total. The zero-order valence-corrected chi connectivity index (χ0v) is 20.0. The molecule has 1 fully saturated rings. The number of hydrogen-bond acceptors (Lipinski definition) is 6. The number of carbonyl (C=O) groups is 3. The van der Waals surface area contributed by atoms with Gasteiger partial charge in [0.2, 0.25) is 5.91 Å². The van der Waals surface area contributed by atoms with Crippen molar-refractivity contribution in [3.8, 4) is 0 Å². The lowest BCUT2D eigenvalue weighted by Gasteiger charge is -2.41. The van der Waals surface area contributed by atoms with E-state index in [1.807, 2.05) is 42.5 Å². The number of nitrogens with two attached hydrogens (primary N) is 1. The fourth-order valence-corrected chi connectivity index (χ4v) is 5.34. The molecule has 4 atom stereocenters. The number of anilines is 1. The van der Waals surface area contributed by atoms with Gasteiger partial charge in [-0.25, -0.2) is 4.79 Å². The molecule has 0 spiro atoms. The molecular formula is C27H33N3O5. The number of carboxylic acids is 1. The first kappa shape index (κ1) is 24.7. The summed E-state index contributed by atoms with van der Waals surface area (Å²) in [5.74, 6) is -1.75. The molecule has 0 aliphatic carbocycles. The normalized spacial score (nSPS) is 22.5. The Morgan fingerprint density at radius 3 is 2.66 bits per heavy atom. The van der Waals surface area contributed by atoms with E-state index < -0.39 is 30.1 Å². The minimum atomic E-state index is -1.01. The van der Waals surface area contributed by atoms with Gasteiger partial charge in [-0.15, -0.1) is 0 Å². The smallest absolute Gasteiger partial charge is 0.326 e. The highest BCUT2D eigenvalue weighted by molar-refractivity contribution is 5.89. The highest BCUT2D eigenvalue weighted by atomic mass is 16.5. The van der Waals surface area contributed by atoms with Gasteiger partial charge < -0.3 is 20.5 Å². The van der Waals surface area contributed by atoms with Gasteiger partial charge in [0.05, 0.1) is 18.7 Å². The Labute approximate surface area is 205 Å². The van der Waals surface area contributed by atoms with Crippen LogP contribution in [0.25, 0.3) is 0 Å². The summed E-state index contributed by atoms with van der Waals surface area (Å²) in [5.41, 5.74) is 9.72. The quantitative estimate of drug-likeness (QED) is 0.393. The lowest BCUT2D eigenvalue weighted by atomic mass is 9.88. The summed E-state index contributed by atoms with van der Waals surface area (Å²) in [7, 11) is 0. The summed E-state index contributed by atoms with van der Waals surface area (Å²) in [5, 5.41) is 13.2. The van der Waals surface area contributed by atoms with E-state index in [0.29, 0.717) is 37.8 Å². The SMILES string of the molecule is CCOC(=O)C(CCc1ccccc1)N[C@@H]1Cc2c(N)cccc2[C@@H]2CCC[C@H](C(=O)O)N2C1=O. The Bertz CT molecular complexity index is 1070. The summed E-state index contributed by atoms with van der Waals surface area (Å²) in [4.78, 5) is 40.4. The molecule has 8 heteroatoms. The Balaban J connectivity index is 1.66. The van der Waals surface area contributed by atoms with E-state index in [4.69, 9.17) is 10.5 Å². The van der Waals surface area contributed by atoms with Crippen molar-refractivity contribution >= 4 is 23.5 Å². The number of ether oxygens (including phenoxy) is 1. The molecule has 4 rings (SSSR count). The van der Waals surface area contributed by atoms with Crippen LogP contribution < -0.4 is 11.1 Å². The zero-order valence-electron chi connectivity index (χ0n) is 20.0. The molecule has 35 heavy (non-hydrogen) atoms. The maximum atomic E-state index is 13.9. The van der Waals surface area contributed by atoms with Gasteiger partial charge in [0.25, 0.3) is 0 Å². The lowest BCUT2D eigenvalue weighted by Crippen LogP contribution is -2.57. The Kier molecular flexibility index (Phi) is 7.70. The van der Waals surface area contributed by atoms with Crippen LogP contribution in [-0.4, -0.2) is 52.6 Å². The molecule has 0 bridgehead atoms. The third-order valence-corrected chi connectivity index (χ3v) is 7.02. The van der Waals surface area contributed by atoms with E-state index in [-0.39, 0.29) is 25.0 Å². The number of carboxylic acid groups (broad SMARTS) is 1. The number of nitrogens with one attached hydrogen (secondary N) is 1. The molecule has 1 saturated heterocycles. The molecule has 2 aliphatic heterocycles. The van der Waals surface area contributed by atoms with Gasteiger partial charge in [-0.3, -0.25) is 14.9 Å². The van der Waals surface area contributed by atoms with Gasteiger partial charge in [-0.1, -0.05) is 42.5 Å². The molecule has 2 heterocycles. The number of aryl methyl sites for hydroxylation is 1. The van der Waals surface area contributed by atoms with E-state index in [1.165, 1.54) is 4.90 Å². The monoisotopic (exact) mass is 479 g/mol. The first-order valence-electron chi connectivity index (χ1n) is 12.3. The van der Waals surface area contributed by atoms with Crippen molar-refractivity contribution in [2.45, 2.75) is 69.6 Å². The summed E-state index contributed by atoms with van der Waals surface area (Å²) in [6, 6.07) is 12.6. The van der Waals surface area contributed by atoms with E-state index in [2.05, 4.69) is 5.32 Å². The van der Waals surface area contributed by atoms with E-state index in [0.717, 1.165) is 16.7 Å². The van der Waals surface area contributed by atoms with Gasteiger partial charge in [0.1, 0.15) is 12.1 Å². The van der Waals surface area contributed by atoms with Crippen molar-refractivity contribution in [3.05, 3.63) is 65.2 Å². The highest BCUT2D eigenvalue weighted by Gasteiger charge is 2.45. The molecular weight excluding hydrogens is 446 g/mol. The van der Waals surface area contributed by atoms with Crippen molar-refractivity contribution in [1.29, 1.82) is 0 Å². The van der Waals surface area contributed by atoms with Crippen LogP contribution in [0, 0.1) is 0 Å². The van der Waals surface area contributed by atoms with E-state index in [1.54, 1.807) is 13.0 Å². The first-order chi connectivity index (χ1) is 16.9. The topological polar surface area (TPSA) is 122 Å². The van der Waals surface area contributed by atoms with Crippen LogP contribution >= 0.6 is 0 Å². The van der Waals surface area contributed by atoms with Gasteiger partial charge >= 0.3 is 11.9 Å². The van der Waals surface area contributed by atoms with Crippen LogP contribution in [0.3, 0.4) is 0 Å². The Morgan fingerprint density at radius 2 is 1.94 bits per heavy atom. The zero-order chi connectivity index (χ0) is 24.9. The summed E-state index contributed by atoms with van der Waals surface area (Å²) < 4.78 is 5.31. The van der Waals surface area contributed by atoms with Crippen molar-refractivity contribution in [1.82, 2.24) is 10.2 Å². The number of esters is 1. The average Bonchev–Trinajstić information content (AvgIpc) is 2.98. The van der Waals surface area contributed by atoms with Gasteiger partial charge in [0.15, 0.2) is 0 Å². The number of carbonyl (C=O) groups excluding carboxylic acids is 2. The molecule has 2 aromatic carbocycles. The van der Waals surface area contributed by atoms with Crippen molar-refractivity contribution in [2.24, 2.45) is 0 Å². The maximum Gasteiger partial charge on any atom is 0.326 e. The summed E-state index contributed by atoms with van der Waals surface area (Å²) >= 11 is 0. The fraction of sp³-hybridized carbons (Fsp3) is 0.444. The lowest BCUT2D eigenvalue weighted by molar-refractivity contribution is -0.156. The van der Waals surface area contributed by atoms with Crippen molar-refractivity contribution < 1.29 is 24.2 Å². The highest BCUT2D eigenvalue weighted by Crippen LogP contribution is 2.40. The van der Waals surface area contributed by atoms with Gasteiger partial charge in [-0.05, 0) is 68.2 Å². The maximum absolute atomic E-state index is 13.9. The average molecular weight is 480 g/mol. The number of nitrogens with zero attached hydrogens (tertiary/aromatic N) is 1. The molecule has 2 aliphatic rings. The third kappa shape index (κ3) is 5.32. The second-order valence-corrected chi connectivity index (χ2v) is 9.21. The summed E-state index contributed by atoms with van der Waals surface area (Å²) in [6.45, 7) is 1.97. The number of benzene rings is 2. The second-order valence-electron chi connectivity index (χ2n) is 9.21. The molecule has 4 N–H and O–H groups in total. The van der Waals surface area contributed by atoms with Gasteiger partial charge in [0, 0.05) is 5.69 Å². The van der Waals surface area contributed by atoms with E-state index >= 15 is 0 Å². The first-order valence-corrected chi connectivity index (χ1v) is 12.3. The Hall–Kier alpha value is -3.39. The second kappa shape index (κ2) is 10.9. The molecule has 1 unspecified atom stereocenters. The minimum Gasteiger partial charge on any atom is -0.480 e. The number of nitrogen functional groups attached to an aromatic ring is 1. The van der Waals surface area contributed by atoms with Crippen LogP contribution in [0.5, 0.6) is 0 Å². The molecule has 0 radical (unpaired) electrons. The minimum absolute atomic E-state index is 0.228. The van der Waals surface area contributed by atoms with Crippen LogP contribution in [0.1, 0.15) is 55.3 Å². The number of hydrogen-bond donors (Lipinski definition) is 3. The number of amides is 1. The molecule has 1 amide bonds. The summed E-state index contributed by atoms with van der Waals surface area (Å²) in [6.07, 6.45) is 3.13. The molecule has 0 aromatic heterocycles. The van der Waals surface area contributed by atoms with Crippen LogP contribution in [-0.2, 0) is 32.0 Å². The largest absolute Gasteiger partial charge is 0.480 e. The number of piperidine rings is 1. The van der Waals surface area contributed by atoms with Gasteiger partial charge in [-0.2, -0.15) is 0 Å². The standard InChI is InChI=1S/C27H33N3O5/c1-2-35-27(34)21(15-14-17-8-4-3-5-9-17)29-22-16-19-18(10-6-11-20(19)28)23-12-7-13-24(26(32)33)30(23)25(22)31/h3-6,8-11,21-24,29H,2,7,12-16,28H2,1H3,(H,32,33)/t21?,22-,23+,24-/m1/s1. The van der Waals surface area contributed by atoms with E-state index in [9.17, 15) is 19.5 Å². The Morgan fingerprint density at radius 1 is 1.17 bits per heavy atom. The number of aliphatic carboxylic acids is 1. The third-order valence-electron chi connectivity index (χ3n) is 7.02. The fourth-order valence-electron chi connectivity index (χ4n) is 5.34. The van der Waals surface area contributed by atoms with Crippen LogP contribution in [0.2, 0.25) is 0 Å². The molecule has 186 valence electrons. The predicted molar refractivity (Wildman–Crippen MR) is 132 cm³/mol. The predicted octanol–water partition coefficient (Wildman–Crippen LogP) is 2.85. The molecule has 0 saturated carbocycles. The molecule has 2 aromatic rings. The number of rotatable bonds is 8. The van der Waals surface area contributed by atoms with Crippen LogP contribution in [0.4, 0.5) is 5.69 Å². The van der Waals surface area contributed by atoms with Crippen molar-refractivity contribution in [3.63, 3.8) is 0 Å². The number of fused-ring (bicyclic) bond motifs is 3.